The fourth-order valence-electron chi connectivity index (χ4n) is 2.92. The van der Waals surface area contributed by atoms with E-state index in [1.54, 1.807) is 6.07 Å². The maximum absolute atomic E-state index is 12.7. The summed E-state index contributed by atoms with van der Waals surface area (Å²) in [6, 6.07) is 25.4. The first-order valence-electron chi connectivity index (χ1n) is 8.28. The van der Waals surface area contributed by atoms with Crippen molar-refractivity contribution >= 4 is 17.5 Å². The summed E-state index contributed by atoms with van der Waals surface area (Å²) in [4.78, 5) is 12.7. The molecule has 0 bridgehead atoms. The van der Waals surface area contributed by atoms with Crippen LogP contribution in [-0.2, 0) is 11.2 Å². The van der Waals surface area contributed by atoms with Crippen molar-refractivity contribution in [3.05, 3.63) is 106 Å². The number of nitrogens with one attached hydrogen (secondary N) is 1. The van der Waals surface area contributed by atoms with Crippen LogP contribution >= 0.6 is 11.6 Å². The van der Waals surface area contributed by atoms with Gasteiger partial charge in [0, 0.05) is 5.02 Å². The van der Waals surface area contributed by atoms with Crippen molar-refractivity contribution in [1.82, 2.24) is 5.32 Å². The van der Waals surface area contributed by atoms with Gasteiger partial charge in [-0.2, -0.15) is 0 Å². The van der Waals surface area contributed by atoms with E-state index >= 15 is 0 Å². The number of aryl methyl sites for hydroxylation is 1. The molecule has 0 aromatic heterocycles. The minimum absolute atomic E-state index is 0.0507. The summed E-state index contributed by atoms with van der Waals surface area (Å²) < 4.78 is 0. The lowest BCUT2D eigenvalue weighted by Gasteiger charge is -2.22. The highest BCUT2D eigenvalue weighted by Gasteiger charge is 2.18. The molecule has 3 heteroatoms. The molecular weight excluding hydrogens is 330 g/mol. The molecule has 126 valence electrons. The largest absolute Gasteiger partial charge is 0.345 e. The van der Waals surface area contributed by atoms with Crippen LogP contribution in [0.4, 0.5) is 0 Å². The van der Waals surface area contributed by atoms with E-state index in [-0.39, 0.29) is 18.4 Å². The number of hydrogen-bond donors (Lipinski definition) is 1. The predicted octanol–water partition coefficient (Wildman–Crippen LogP) is 5.10. The Morgan fingerprint density at radius 3 is 2.28 bits per heavy atom. The molecule has 3 rings (SSSR count). The lowest BCUT2D eigenvalue weighted by molar-refractivity contribution is -0.120. The first kappa shape index (κ1) is 17.2. The van der Waals surface area contributed by atoms with Crippen molar-refractivity contribution in [2.45, 2.75) is 19.4 Å². The lowest BCUT2D eigenvalue weighted by Crippen LogP contribution is -2.31. The molecule has 1 amide bonds. The highest BCUT2D eigenvalue weighted by atomic mass is 35.5. The number of amides is 1. The molecule has 0 saturated heterocycles. The molecule has 3 aromatic carbocycles. The lowest BCUT2D eigenvalue weighted by atomic mass is 9.94. The zero-order valence-electron chi connectivity index (χ0n) is 14.1. The summed E-state index contributed by atoms with van der Waals surface area (Å²) in [6.07, 6.45) is 0.259. The standard InChI is InChI=1S/C22H20ClNO/c1-16-9-5-7-13-19(16)22(17-10-3-2-4-11-17)24-21(25)15-18-12-6-8-14-20(18)23/h2-14,22H,15H2,1H3,(H,24,25)/t22-/m1/s1. The summed E-state index contributed by atoms with van der Waals surface area (Å²) >= 11 is 6.18. The minimum Gasteiger partial charge on any atom is -0.345 e. The number of carbonyl (C=O) groups is 1. The Balaban J connectivity index is 1.87. The molecule has 1 N–H and O–H groups in total. The van der Waals surface area contributed by atoms with Gasteiger partial charge in [-0.15, -0.1) is 0 Å². The van der Waals surface area contributed by atoms with E-state index in [1.807, 2.05) is 60.7 Å². The Labute approximate surface area is 153 Å². The quantitative estimate of drug-likeness (QED) is 0.682. The van der Waals surface area contributed by atoms with Gasteiger partial charge in [0.2, 0.25) is 5.91 Å². The van der Waals surface area contributed by atoms with Crippen LogP contribution in [0.3, 0.4) is 0 Å². The molecular formula is C22H20ClNO. The van der Waals surface area contributed by atoms with Gasteiger partial charge in [-0.1, -0.05) is 84.4 Å². The summed E-state index contributed by atoms with van der Waals surface area (Å²) in [5, 5.41) is 3.78. The number of benzene rings is 3. The molecule has 1 atom stereocenters. The van der Waals surface area contributed by atoms with Gasteiger partial charge >= 0.3 is 0 Å². The van der Waals surface area contributed by atoms with Gasteiger partial charge in [0.25, 0.3) is 0 Å². The molecule has 0 aliphatic heterocycles. The third kappa shape index (κ3) is 4.28. The van der Waals surface area contributed by atoms with Gasteiger partial charge in [0.1, 0.15) is 0 Å². The Morgan fingerprint density at radius 2 is 1.56 bits per heavy atom. The van der Waals surface area contributed by atoms with Crippen molar-refractivity contribution < 1.29 is 4.79 Å². The Bertz CT molecular complexity index is 861. The van der Waals surface area contributed by atoms with Crippen molar-refractivity contribution in [3.8, 4) is 0 Å². The molecule has 0 radical (unpaired) electrons. The molecule has 25 heavy (non-hydrogen) atoms. The molecule has 0 aliphatic carbocycles. The normalized spacial score (nSPS) is 11.8. The Morgan fingerprint density at radius 1 is 0.920 bits per heavy atom. The number of halogens is 1. The van der Waals surface area contributed by atoms with Gasteiger partial charge in [0.15, 0.2) is 0 Å². The van der Waals surface area contributed by atoms with E-state index in [2.05, 4.69) is 24.4 Å². The van der Waals surface area contributed by atoms with Crippen LogP contribution in [0.2, 0.25) is 5.02 Å². The van der Waals surface area contributed by atoms with Crippen molar-refractivity contribution in [2.24, 2.45) is 0 Å². The first-order chi connectivity index (χ1) is 12.1. The molecule has 0 fully saturated rings. The van der Waals surface area contributed by atoms with Crippen LogP contribution in [0.25, 0.3) is 0 Å². The molecule has 2 nitrogen and oxygen atoms in total. The maximum atomic E-state index is 12.7. The van der Waals surface area contributed by atoms with Crippen LogP contribution in [0.15, 0.2) is 78.9 Å². The molecule has 0 spiro atoms. The van der Waals surface area contributed by atoms with Crippen molar-refractivity contribution in [1.29, 1.82) is 0 Å². The van der Waals surface area contributed by atoms with Gasteiger partial charge < -0.3 is 5.32 Å². The molecule has 0 saturated carbocycles. The second-order valence-corrected chi connectivity index (χ2v) is 6.44. The van der Waals surface area contributed by atoms with Crippen molar-refractivity contribution in [3.63, 3.8) is 0 Å². The maximum Gasteiger partial charge on any atom is 0.225 e. The predicted molar refractivity (Wildman–Crippen MR) is 103 cm³/mol. The third-order valence-electron chi connectivity index (χ3n) is 4.25. The smallest absolute Gasteiger partial charge is 0.225 e. The van der Waals surface area contributed by atoms with Gasteiger partial charge in [0.05, 0.1) is 12.5 Å². The summed E-state index contributed by atoms with van der Waals surface area (Å²) in [5.41, 5.74) is 4.14. The van der Waals surface area contributed by atoms with Crippen LogP contribution in [0.5, 0.6) is 0 Å². The highest BCUT2D eigenvalue weighted by Crippen LogP contribution is 2.25. The topological polar surface area (TPSA) is 29.1 Å². The molecule has 0 aliphatic rings. The monoisotopic (exact) mass is 349 g/mol. The molecule has 3 aromatic rings. The van der Waals surface area contributed by atoms with Gasteiger partial charge in [-0.05, 0) is 35.2 Å². The summed E-state index contributed by atoms with van der Waals surface area (Å²) in [6.45, 7) is 2.06. The van der Waals surface area contributed by atoms with E-state index in [9.17, 15) is 4.79 Å². The fraction of sp³-hybridized carbons (Fsp3) is 0.136. The van der Waals surface area contributed by atoms with Crippen LogP contribution in [0.1, 0.15) is 28.3 Å². The zero-order valence-corrected chi connectivity index (χ0v) is 14.8. The number of carbonyl (C=O) groups excluding carboxylic acids is 1. The van der Waals surface area contributed by atoms with Crippen molar-refractivity contribution in [2.75, 3.05) is 0 Å². The van der Waals surface area contributed by atoms with Crippen LogP contribution in [-0.4, -0.2) is 5.91 Å². The summed E-state index contributed by atoms with van der Waals surface area (Å²) in [7, 11) is 0. The second kappa shape index (κ2) is 8.00. The van der Waals surface area contributed by atoms with E-state index in [1.165, 1.54) is 0 Å². The SMILES string of the molecule is Cc1ccccc1[C@H](NC(=O)Cc1ccccc1Cl)c1ccccc1. The molecule has 0 unspecified atom stereocenters. The minimum atomic E-state index is -0.183. The van der Waals surface area contributed by atoms with E-state index in [0.29, 0.717) is 5.02 Å². The van der Waals surface area contributed by atoms with E-state index < -0.39 is 0 Å². The van der Waals surface area contributed by atoms with Gasteiger partial charge in [-0.3, -0.25) is 4.79 Å². The van der Waals surface area contributed by atoms with Crippen LogP contribution < -0.4 is 5.32 Å². The number of hydrogen-bond acceptors (Lipinski definition) is 1. The Kier molecular flexibility index (Phi) is 5.52. The third-order valence-corrected chi connectivity index (χ3v) is 4.62. The average molecular weight is 350 g/mol. The Hall–Kier alpha value is -2.58. The first-order valence-corrected chi connectivity index (χ1v) is 8.66. The molecule has 0 heterocycles. The zero-order chi connectivity index (χ0) is 17.6. The average Bonchev–Trinajstić information content (AvgIpc) is 2.63. The van der Waals surface area contributed by atoms with Crippen LogP contribution in [0, 0.1) is 6.92 Å². The second-order valence-electron chi connectivity index (χ2n) is 6.04. The highest BCUT2D eigenvalue weighted by molar-refractivity contribution is 6.31. The number of rotatable bonds is 5. The fourth-order valence-corrected chi connectivity index (χ4v) is 3.13. The summed E-state index contributed by atoms with van der Waals surface area (Å²) in [5.74, 6) is -0.0507. The van der Waals surface area contributed by atoms with Gasteiger partial charge in [-0.25, -0.2) is 0 Å². The van der Waals surface area contributed by atoms with E-state index in [0.717, 1.165) is 22.3 Å². The van der Waals surface area contributed by atoms with E-state index in [4.69, 9.17) is 11.6 Å².